The number of hydrogen-bond acceptors (Lipinski definition) is 5. The van der Waals surface area contributed by atoms with Crippen molar-refractivity contribution < 1.29 is 14.2 Å². The van der Waals surface area contributed by atoms with E-state index in [1.807, 2.05) is 12.1 Å². The highest BCUT2D eigenvalue weighted by Gasteiger charge is 2.24. The minimum absolute atomic E-state index is 0.0902. The number of hydrogen-bond donors (Lipinski definition) is 1. The van der Waals surface area contributed by atoms with Crippen LogP contribution in [0.25, 0.3) is 0 Å². The van der Waals surface area contributed by atoms with Crippen LogP contribution in [-0.2, 0) is 12.8 Å². The fourth-order valence-electron chi connectivity index (χ4n) is 4.67. The van der Waals surface area contributed by atoms with Gasteiger partial charge in [0.1, 0.15) is 12.4 Å². The minimum atomic E-state index is 0.0902. The normalized spacial score (nSPS) is 15.0. The number of methoxy groups -OCH3 is 1. The summed E-state index contributed by atoms with van der Waals surface area (Å²) in [5, 5.41) is 3.70. The molecule has 1 heterocycles. The van der Waals surface area contributed by atoms with Crippen molar-refractivity contribution in [2.45, 2.75) is 32.7 Å². The second kappa shape index (κ2) is 12.6. The predicted molar refractivity (Wildman–Crippen MR) is 142 cm³/mol. The van der Waals surface area contributed by atoms with Crippen molar-refractivity contribution in [3.63, 3.8) is 0 Å². The second-order valence-electron chi connectivity index (χ2n) is 8.87. The van der Waals surface area contributed by atoms with E-state index in [0.29, 0.717) is 13.2 Å². The lowest BCUT2D eigenvalue weighted by atomic mass is 9.89. The molecule has 5 heteroatoms. The lowest BCUT2D eigenvalue weighted by Crippen LogP contribution is -2.31. The number of nitrogens with one attached hydrogen (secondary N) is 1. The Labute approximate surface area is 210 Å². The van der Waals surface area contributed by atoms with Crippen molar-refractivity contribution in [2.24, 2.45) is 0 Å². The first kappa shape index (κ1) is 25.1. The Hall–Kier alpha value is -3.02. The summed E-state index contributed by atoms with van der Waals surface area (Å²) in [4.78, 5) is 2.36. The predicted octanol–water partition coefficient (Wildman–Crippen LogP) is 5.27. The molecule has 0 aliphatic carbocycles. The third-order valence-electron chi connectivity index (χ3n) is 6.73. The molecular formula is C30H38N2O3. The summed E-state index contributed by atoms with van der Waals surface area (Å²) in [5.41, 5.74) is 5.03. The maximum Gasteiger partial charge on any atom is 0.161 e. The third-order valence-corrected chi connectivity index (χ3v) is 6.73. The number of likely N-dealkylation sites (N-methyl/N-ethyl adjacent to an activating group) is 1. The first-order valence-corrected chi connectivity index (χ1v) is 12.8. The smallest absolute Gasteiger partial charge is 0.161 e. The molecule has 0 amide bonds. The molecule has 186 valence electrons. The lowest BCUT2D eigenvalue weighted by molar-refractivity contribution is 0.217. The fraction of sp³-hybridized carbons (Fsp3) is 0.400. The standard InChI is InChI=1S/C30H38N2O3/c1-4-32(5-2)17-19-35-29-22-27-24(21-28(29)33-3)14-16-31-30(27)25-12-9-13-26(20-25)34-18-15-23-10-7-6-8-11-23/h6-13,20-22,30-31H,4-5,14-19H2,1-3H3. The van der Waals surface area contributed by atoms with E-state index in [0.717, 1.165) is 56.3 Å². The number of nitrogens with zero attached hydrogens (tertiary/aromatic N) is 1. The van der Waals surface area contributed by atoms with Crippen molar-refractivity contribution in [3.05, 3.63) is 89.0 Å². The SMILES string of the molecule is CCN(CC)CCOc1cc2c(cc1OC)CCNC2c1cccc(OCCc2ccccc2)c1. The van der Waals surface area contributed by atoms with E-state index in [1.165, 1.54) is 22.3 Å². The van der Waals surface area contributed by atoms with Crippen molar-refractivity contribution in [1.29, 1.82) is 0 Å². The van der Waals surface area contributed by atoms with Crippen LogP contribution < -0.4 is 19.5 Å². The lowest BCUT2D eigenvalue weighted by Gasteiger charge is -2.29. The Morgan fingerprint density at radius 1 is 0.886 bits per heavy atom. The molecule has 1 atom stereocenters. The quantitative estimate of drug-likeness (QED) is 0.387. The highest BCUT2D eigenvalue weighted by Crippen LogP contribution is 2.38. The molecule has 1 unspecified atom stereocenters. The van der Waals surface area contributed by atoms with Gasteiger partial charge in [-0.3, -0.25) is 0 Å². The molecule has 0 fully saturated rings. The van der Waals surface area contributed by atoms with Gasteiger partial charge in [-0.2, -0.15) is 0 Å². The Balaban J connectivity index is 1.49. The monoisotopic (exact) mass is 474 g/mol. The molecular weight excluding hydrogens is 436 g/mol. The van der Waals surface area contributed by atoms with Gasteiger partial charge in [-0.25, -0.2) is 0 Å². The van der Waals surface area contributed by atoms with Crippen LogP contribution in [0, 0.1) is 0 Å². The van der Waals surface area contributed by atoms with Crippen LogP contribution in [0.2, 0.25) is 0 Å². The van der Waals surface area contributed by atoms with Crippen LogP contribution in [0.4, 0.5) is 0 Å². The summed E-state index contributed by atoms with van der Waals surface area (Å²) in [5.74, 6) is 2.51. The van der Waals surface area contributed by atoms with Crippen LogP contribution in [0.3, 0.4) is 0 Å². The zero-order valence-electron chi connectivity index (χ0n) is 21.3. The van der Waals surface area contributed by atoms with Gasteiger partial charge in [-0.15, -0.1) is 0 Å². The maximum absolute atomic E-state index is 6.21. The number of fused-ring (bicyclic) bond motifs is 1. The molecule has 5 nitrogen and oxygen atoms in total. The third kappa shape index (κ3) is 6.56. The average molecular weight is 475 g/mol. The summed E-state index contributed by atoms with van der Waals surface area (Å²) in [6.07, 6.45) is 1.86. The highest BCUT2D eigenvalue weighted by atomic mass is 16.5. The van der Waals surface area contributed by atoms with E-state index in [-0.39, 0.29) is 6.04 Å². The van der Waals surface area contributed by atoms with Crippen molar-refractivity contribution in [3.8, 4) is 17.2 Å². The van der Waals surface area contributed by atoms with Gasteiger partial charge in [0, 0.05) is 19.5 Å². The maximum atomic E-state index is 6.21. The van der Waals surface area contributed by atoms with Gasteiger partial charge in [0.05, 0.1) is 19.8 Å². The van der Waals surface area contributed by atoms with Crippen LogP contribution in [0.5, 0.6) is 17.2 Å². The highest BCUT2D eigenvalue weighted by molar-refractivity contribution is 5.52. The Kier molecular flexibility index (Phi) is 9.04. The summed E-state index contributed by atoms with van der Waals surface area (Å²) in [6.45, 7) is 9.52. The van der Waals surface area contributed by atoms with E-state index < -0.39 is 0 Å². The average Bonchev–Trinajstić information content (AvgIpc) is 2.91. The van der Waals surface area contributed by atoms with Gasteiger partial charge in [-0.05, 0) is 66.0 Å². The molecule has 3 aromatic rings. The largest absolute Gasteiger partial charge is 0.493 e. The number of rotatable bonds is 12. The van der Waals surface area contributed by atoms with E-state index in [4.69, 9.17) is 14.2 Å². The van der Waals surface area contributed by atoms with E-state index >= 15 is 0 Å². The van der Waals surface area contributed by atoms with Gasteiger partial charge in [-0.1, -0.05) is 56.3 Å². The number of benzene rings is 3. The fourth-order valence-corrected chi connectivity index (χ4v) is 4.67. The van der Waals surface area contributed by atoms with Gasteiger partial charge in [0.2, 0.25) is 0 Å². The summed E-state index contributed by atoms with van der Waals surface area (Å²) < 4.78 is 18.0. The van der Waals surface area contributed by atoms with E-state index in [1.54, 1.807) is 7.11 Å². The number of ether oxygens (including phenoxy) is 3. The van der Waals surface area contributed by atoms with Gasteiger partial charge in [0.25, 0.3) is 0 Å². The van der Waals surface area contributed by atoms with Crippen LogP contribution in [0.15, 0.2) is 66.7 Å². The second-order valence-corrected chi connectivity index (χ2v) is 8.87. The summed E-state index contributed by atoms with van der Waals surface area (Å²) >= 11 is 0. The zero-order chi connectivity index (χ0) is 24.5. The van der Waals surface area contributed by atoms with Crippen LogP contribution in [0.1, 0.15) is 42.1 Å². The molecule has 1 aliphatic heterocycles. The van der Waals surface area contributed by atoms with E-state index in [2.05, 4.69) is 78.7 Å². The molecule has 0 bridgehead atoms. The molecule has 1 aliphatic rings. The Bertz CT molecular complexity index is 1070. The van der Waals surface area contributed by atoms with Crippen molar-refractivity contribution >= 4 is 0 Å². The van der Waals surface area contributed by atoms with Gasteiger partial charge in [0.15, 0.2) is 11.5 Å². The van der Waals surface area contributed by atoms with Crippen molar-refractivity contribution in [2.75, 3.05) is 46.5 Å². The molecule has 3 aromatic carbocycles. The molecule has 0 spiro atoms. The molecule has 4 rings (SSSR count). The first-order valence-electron chi connectivity index (χ1n) is 12.8. The van der Waals surface area contributed by atoms with Crippen LogP contribution in [-0.4, -0.2) is 51.4 Å². The molecule has 0 aromatic heterocycles. The summed E-state index contributed by atoms with van der Waals surface area (Å²) in [7, 11) is 1.72. The Morgan fingerprint density at radius 2 is 1.71 bits per heavy atom. The van der Waals surface area contributed by atoms with E-state index in [9.17, 15) is 0 Å². The van der Waals surface area contributed by atoms with Crippen LogP contribution >= 0.6 is 0 Å². The van der Waals surface area contributed by atoms with Gasteiger partial charge < -0.3 is 24.4 Å². The van der Waals surface area contributed by atoms with Crippen molar-refractivity contribution in [1.82, 2.24) is 10.2 Å². The molecule has 0 radical (unpaired) electrons. The first-order chi connectivity index (χ1) is 17.2. The summed E-state index contributed by atoms with van der Waals surface area (Å²) in [6, 6.07) is 23.3. The molecule has 0 saturated carbocycles. The molecule has 0 saturated heterocycles. The topological polar surface area (TPSA) is 43.0 Å². The zero-order valence-corrected chi connectivity index (χ0v) is 21.3. The van der Waals surface area contributed by atoms with Gasteiger partial charge >= 0.3 is 0 Å². The minimum Gasteiger partial charge on any atom is -0.493 e. The molecule has 35 heavy (non-hydrogen) atoms. The molecule has 1 N–H and O–H groups in total. The Morgan fingerprint density at radius 3 is 2.49 bits per heavy atom.